The summed E-state index contributed by atoms with van der Waals surface area (Å²) in [4.78, 5) is 6.50. The summed E-state index contributed by atoms with van der Waals surface area (Å²) in [5.74, 6) is 1.64. The molecule has 5 nitrogen and oxygen atoms in total. The van der Waals surface area contributed by atoms with Gasteiger partial charge >= 0.3 is 0 Å². The lowest BCUT2D eigenvalue weighted by molar-refractivity contribution is 0.199. The Hall–Kier alpha value is -1.88. The van der Waals surface area contributed by atoms with Gasteiger partial charge in [0.15, 0.2) is 5.82 Å². The van der Waals surface area contributed by atoms with Gasteiger partial charge in [0.2, 0.25) is 0 Å². The molecule has 0 aliphatic heterocycles. The van der Waals surface area contributed by atoms with Crippen molar-refractivity contribution in [3.63, 3.8) is 0 Å². The van der Waals surface area contributed by atoms with E-state index < -0.39 is 6.10 Å². The quantitative estimate of drug-likeness (QED) is 0.830. The van der Waals surface area contributed by atoms with Crippen molar-refractivity contribution in [2.45, 2.75) is 32.9 Å². The maximum absolute atomic E-state index is 9.63. The van der Waals surface area contributed by atoms with E-state index >= 15 is 0 Å². The first-order valence-electron chi connectivity index (χ1n) is 6.57. The van der Waals surface area contributed by atoms with Crippen LogP contribution in [0.25, 0.3) is 0 Å². The number of aliphatic hydroxyl groups is 1. The van der Waals surface area contributed by atoms with E-state index in [1.807, 2.05) is 37.3 Å². The molecule has 0 aliphatic carbocycles. The minimum absolute atomic E-state index is 0.395. The molecule has 0 bridgehead atoms. The number of rotatable bonds is 6. The Bertz CT molecular complexity index is 495. The molecule has 102 valence electrons. The molecule has 1 heterocycles. The van der Waals surface area contributed by atoms with Crippen LogP contribution in [0.1, 0.15) is 25.5 Å². The minimum atomic E-state index is -0.395. The summed E-state index contributed by atoms with van der Waals surface area (Å²) in [6.45, 7) is 4.99. The monoisotopic (exact) mass is 260 g/mol. The topological polar surface area (TPSA) is 65.0 Å². The summed E-state index contributed by atoms with van der Waals surface area (Å²) < 4.78 is 0. The van der Waals surface area contributed by atoms with Crippen molar-refractivity contribution in [1.82, 2.24) is 15.2 Å². The molecule has 5 heteroatoms. The van der Waals surface area contributed by atoms with Gasteiger partial charge in [-0.3, -0.25) is 5.10 Å². The highest BCUT2D eigenvalue weighted by atomic mass is 16.3. The van der Waals surface area contributed by atoms with E-state index in [1.165, 1.54) is 0 Å². The Morgan fingerprint density at radius 1 is 1.32 bits per heavy atom. The number of nitrogens with zero attached hydrogens (tertiary/aromatic N) is 3. The summed E-state index contributed by atoms with van der Waals surface area (Å²) in [5, 5.41) is 16.7. The lowest BCUT2D eigenvalue weighted by atomic mass is 10.2. The molecule has 1 aromatic carbocycles. The van der Waals surface area contributed by atoms with Crippen molar-refractivity contribution >= 4 is 5.69 Å². The van der Waals surface area contributed by atoms with Gasteiger partial charge in [-0.25, -0.2) is 4.98 Å². The third-order valence-corrected chi connectivity index (χ3v) is 2.84. The number of para-hydroxylation sites is 1. The SMILES string of the molecule is CCc1n[nH]c(CN(C[C@@H](C)O)c2ccccc2)n1. The van der Waals surface area contributed by atoms with E-state index in [2.05, 4.69) is 20.1 Å². The molecule has 0 spiro atoms. The number of hydrogen-bond acceptors (Lipinski definition) is 4. The van der Waals surface area contributed by atoms with E-state index in [0.29, 0.717) is 13.1 Å². The van der Waals surface area contributed by atoms with Crippen LogP contribution in [0.5, 0.6) is 0 Å². The Morgan fingerprint density at radius 3 is 2.63 bits per heavy atom. The zero-order chi connectivity index (χ0) is 13.7. The first-order valence-corrected chi connectivity index (χ1v) is 6.57. The Kier molecular flexibility index (Phi) is 4.52. The highest BCUT2D eigenvalue weighted by Gasteiger charge is 2.12. The fourth-order valence-electron chi connectivity index (χ4n) is 1.96. The summed E-state index contributed by atoms with van der Waals surface area (Å²) >= 11 is 0. The van der Waals surface area contributed by atoms with Crippen molar-refractivity contribution in [2.75, 3.05) is 11.4 Å². The van der Waals surface area contributed by atoms with E-state index in [4.69, 9.17) is 0 Å². The summed E-state index contributed by atoms with van der Waals surface area (Å²) in [5.41, 5.74) is 1.07. The molecule has 0 radical (unpaired) electrons. The van der Waals surface area contributed by atoms with Crippen LogP contribution in [-0.2, 0) is 13.0 Å². The first-order chi connectivity index (χ1) is 9.19. The van der Waals surface area contributed by atoms with E-state index in [1.54, 1.807) is 6.92 Å². The van der Waals surface area contributed by atoms with Crippen molar-refractivity contribution in [2.24, 2.45) is 0 Å². The summed E-state index contributed by atoms with van der Waals surface area (Å²) in [6, 6.07) is 10.0. The number of aromatic amines is 1. The molecule has 1 aromatic heterocycles. The zero-order valence-corrected chi connectivity index (χ0v) is 11.4. The van der Waals surface area contributed by atoms with Gasteiger partial charge in [-0.2, -0.15) is 5.10 Å². The van der Waals surface area contributed by atoms with Gasteiger partial charge in [0.05, 0.1) is 12.6 Å². The normalized spacial score (nSPS) is 12.4. The summed E-state index contributed by atoms with van der Waals surface area (Å²) in [6.07, 6.45) is 0.423. The van der Waals surface area contributed by atoms with Gasteiger partial charge in [-0.1, -0.05) is 25.1 Å². The van der Waals surface area contributed by atoms with Crippen molar-refractivity contribution in [3.8, 4) is 0 Å². The van der Waals surface area contributed by atoms with Crippen LogP contribution in [0.4, 0.5) is 5.69 Å². The molecule has 19 heavy (non-hydrogen) atoms. The molecule has 0 saturated carbocycles. The lowest BCUT2D eigenvalue weighted by Gasteiger charge is -2.25. The van der Waals surface area contributed by atoms with Gasteiger partial charge in [-0.15, -0.1) is 0 Å². The Morgan fingerprint density at radius 2 is 2.05 bits per heavy atom. The first kappa shape index (κ1) is 13.5. The number of aryl methyl sites for hydroxylation is 1. The highest BCUT2D eigenvalue weighted by Crippen LogP contribution is 2.16. The average Bonchev–Trinajstić information content (AvgIpc) is 2.86. The third kappa shape index (κ3) is 3.79. The second kappa shape index (κ2) is 6.33. The predicted octanol–water partition coefficient (Wildman–Crippen LogP) is 1.75. The number of hydrogen-bond donors (Lipinski definition) is 2. The van der Waals surface area contributed by atoms with Crippen LogP contribution in [0.15, 0.2) is 30.3 Å². The summed E-state index contributed by atoms with van der Waals surface area (Å²) in [7, 11) is 0. The second-order valence-corrected chi connectivity index (χ2v) is 4.62. The smallest absolute Gasteiger partial charge is 0.150 e. The average molecular weight is 260 g/mol. The van der Waals surface area contributed by atoms with Crippen LogP contribution in [-0.4, -0.2) is 32.9 Å². The molecule has 2 rings (SSSR count). The molecule has 0 fully saturated rings. The van der Waals surface area contributed by atoms with E-state index in [9.17, 15) is 5.11 Å². The second-order valence-electron chi connectivity index (χ2n) is 4.62. The van der Waals surface area contributed by atoms with Crippen LogP contribution in [0, 0.1) is 0 Å². The molecule has 1 atom stereocenters. The lowest BCUT2D eigenvalue weighted by Crippen LogP contribution is -2.30. The molecular formula is C14H20N4O. The Balaban J connectivity index is 2.14. The van der Waals surface area contributed by atoms with Crippen LogP contribution in [0.3, 0.4) is 0 Å². The van der Waals surface area contributed by atoms with E-state index in [-0.39, 0.29) is 0 Å². The number of nitrogens with one attached hydrogen (secondary N) is 1. The largest absolute Gasteiger partial charge is 0.392 e. The number of aliphatic hydroxyl groups excluding tert-OH is 1. The van der Waals surface area contributed by atoms with Crippen LogP contribution >= 0.6 is 0 Å². The van der Waals surface area contributed by atoms with Gasteiger partial charge in [0, 0.05) is 18.7 Å². The Labute approximate surface area is 113 Å². The minimum Gasteiger partial charge on any atom is -0.392 e. The highest BCUT2D eigenvalue weighted by molar-refractivity contribution is 5.46. The zero-order valence-electron chi connectivity index (χ0n) is 11.4. The van der Waals surface area contributed by atoms with Crippen LogP contribution in [0.2, 0.25) is 0 Å². The third-order valence-electron chi connectivity index (χ3n) is 2.84. The fourth-order valence-corrected chi connectivity index (χ4v) is 1.96. The number of benzene rings is 1. The molecule has 0 amide bonds. The molecular weight excluding hydrogens is 240 g/mol. The van der Waals surface area contributed by atoms with Gasteiger partial charge in [-0.05, 0) is 19.1 Å². The van der Waals surface area contributed by atoms with Crippen molar-refractivity contribution in [1.29, 1.82) is 0 Å². The molecule has 0 unspecified atom stereocenters. The molecule has 0 saturated heterocycles. The molecule has 2 N–H and O–H groups in total. The fraction of sp³-hybridized carbons (Fsp3) is 0.429. The molecule has 0 aliphatic rings. The molecule has 2 aromatic rings. The maximum atomic E-state index is 9.63. The van der Waals surface area contributed by atoms with Gasteiger partial charge in [0.25, 0.3) is 0 Å². The van der Waals surface area contributed by atoms with Gasteiger partial charge < -0.3 is 10.0 Å². The van der Waals surface area contributed by atoms with Crippen molar-refractivity contribution < 1.29 is 5.11 Å². The number of H-pyrrole nitrogens is 1. The van der Waals surface area contributed by atoms with Gasteiger partial charge in [0.1, 0.15) is 5.82 Å². The maximum Gasteiger partial charge on any atom is 0.150 e. The van der Waals surface area contributed by atoms with Crippen LogP contribution < -0.4 is 4.90 Å². The number of anilines is 1. The predicted molar refractivity (Wildman–Crippen MR) is 74.9 cm³/mol. The number of aromatic nitrogens is 3. The van der Waals surface area contributed by atoms with Crippen molar-refractivity contribution in [3.05, 3.63) is 42.0 Å². The standard InChI is InChI=1S/C14H20N4O/c1-3-13-15-14(17-16-13)10-18(9-11(2)19)12-7-5-4-6-8-12/h4-8,11,19H,3,9-10H2,1-2H3,(H,15,16,17)/t11-/m1/s1. The van der Waals surface area contributed by atoms with E-state index in [0.717, 1.165) is 23.8 Å².